The van der Waals surface area contributed by atoms with Crippen LogP contribution in [0.3, 0.4) is 0 Å². The van der Waals surface area contributed by atoms with Crippen LogP contribution in [0.1, 0.15) is 11.7 Å². The zero-order chi connectivity index (χ0) is 22.6. The van der Waals surface area contributed by atoms with Gasteiger partial charge in [-0.05, 0) is 36.9 Å². The van der Waals surface area contributed by atoms with Gasteiger partial charge in [-0.15, -0.1) is 23.5 Å². The van der Waals surface area contributed by atoms with Crippen molar-refractivity contribution in [3.63, 3.8) is 0 Å². The molecule has 1 aromatic heterocycles. The third-order valence-electron chi connectivity index (χ3n) is 5.75. The molecule has 0 radical (unpaired) electrons. The van der Waals surface area contributed by atoms with Gasteiger partial charge in [0.15, 0.2) is 0 Å². The minimum atomic E-state index is -0.309. The summed E-state index contributed by atoms with van der Waals surface area (Å²) in [7, 11) is 1.91. The highest BCUT2D eigenvalue weighted by Gasteiger charge is 2.33. The van der Waals surface area contributed by atoms with Gasteiger partial charge < -0.3 is 25.1 Å². The number of hydrogen-bond donors (Lipinski definition) is 2. The Hall–Kier alpha value is -2.39. The SMILES string of the molecule is CNCCOc1ccc(-c2oc3c(c2-c2ccccc2)C(N)N(CC2SCCS2)C=N3)cc1. The summed E-state index contributed by atoms with van der Waals surface area (Å²) in [6, 6.07) is 18.3. The molecule has 0 bridgehead atoms. The highest BCUT2D eigenvalue weighted by atomic mass is 32.2. The van der Waals surface area contributed by atoms with E-state index in [1.54, 1.807) is 0 Å². The fraction of sp³-hybridized carbons (Fsp3) is 0.320. The molecule has 172 valence electrons. The van der Waals surface area contributed by atoms with Crippen molar-refractivity contribution in [1.29, 1.82) is 0 Å². The first kappa shape index (κ1) is 22.4. The lowest BCUT2D eigenvalue weighted by Gasteiger charge is -2.31. The van der Waals surface area contributed by atoms with Crippen LogP contribution >= 0.6 is 23.5 Å². The molecule has 0 spiro atoms. The van der Waals surface area contributed by atoms with Crippen LogP contribution in [-0.4, -0.2) is 54.1 Å². The zero-order valence-corrected chi connectivity index (χ0v) is 20.2. The largest absolute Gasteiger partial charge is 0.492 e. The number of ether oxygens (including phenoxy) is 1. The molecule has 1 atom stereocenters. The topological polar surface area (TPSA) is 76.0 Å². The van der Waals surface area contributed by atoms with Crippen LogP contribution in [0.15, 0.2) is 64.0 Å². The summed E-state index contributed by atoms with van der Waals surface area (Å²) in [6.07, 6.45) is 1.53. The average Bonchev–Trinajstić information content (AvgIpc) is 3.50. The highest BCUT2D eigenvalue weighted by Crippen LogP contribution is 2.47. The van der Waals surface area contributed by atoms with Crippen molar-refractivity contribution in [2.45, 2.75) is 10.7 Å². The third-order valence-corrected chi connectivity index (χ3v) is 8.75. The molecule has 1 unspecified atom stereocenters. The van der Waals surface area contributed by atoms with E-state index in [-0.39, 0.29) is 6.17 Å². The normalized spacial score (nSPS) is 18.0. The van der Waals surface area contributed by atoms with Gasteiger partial charge in [0.2, 0.25) is 5.88 Å². The summed E-state index contributed by atoms with van der Waals surface area (Å²) >= 11 is 3.99. The molecule has 5 rings (SSSR count). The van der Waals surface area contributed by atoms with Gasteiger partial charge >= 0.3 is 0 Å². The van der Waals surface area contributed by atoms with Crippen LogP contribution in [0.5, 0.6) is 5.75 Å². The van der Waals surface area contributed by atoms with Crippen LogP contribution in [-0.2, 0) is 0 Å². The standard InChI is InChI=1S/C25H28N4O2S2/c1-27-11-12-30-19-9-7-18(8-10-19)23-21(17-5-3-2-4-6-17)22-24(26)29(16-28-25(22)31-23)15-20-32-13-14-33-20/h2-10,16,20,24,27H,11-15,26H2,1H3. The van der Waals surface area contributed by atoms with E-state index in [2.05, 4.69) is 27.3 Å². The van der Waals surface area contributed by atoms with Crippen LogP contribution in [0.4, 0.5) is 5.88 Å². The minimum Gasteiger partial charge on any atom is -0.492 e. The van der Waals surface area contributed by atoms with E-state index in [9.17, 15) is 0 Å². The summed E-state index contributed by atoms with van der Waals surface area (Å²) in [6.45, 7) is 2.29. The van der Waals surface area contributed by atoms with Gasteiger partial charge in [0.05, 0.1) is 16.5 Å². The Kier molecular flexibility index (Phi) is 6.96. The molecule has 3 aromatic rings. The number of nitrogens with one attached hydrogen (secondary N) is 1. The number of nitrogens with zero attached hydrogens (tertiary/aromatic N) is 2. The van der Waals surface area contributed by atoms with Crippen molar-refractivity contribution in [3.05, 3.63) is 60.2 Å². The number of thioether (sulfide) groups is 2. The molecule has 33 heavy (non-hydrogen) atoms. The molecule has 2 aliphatic rings. The van der Waals surface area contributed by atoms with Crippen molar-refractivity contribution in [2.24, 2.45) is 10.7 Å². The molecule has 1 fully saturated rings. The number of aliphatic imine (C=N–C) groups is 1. The Bertz CT molecular complexity index is 1100. The van der Waals surface area contributed by atoms with Crippen molar-refractivity contribution >= 4 is 35.7 Å². The van der Waals surface area contributed by atoms with Gasteiger partial charge in [-0.2, -0.15) is 0 Å². The second-order valence-corrected chi connectivity index (χ2v) is 10.8. The second kappa shape index (κ2) is 10.3. The van der Waals surface area contributed by atoms with Crippen molar-refractivity contribution in [2.75, 3.05) is 38.2 Å². The van der Waals surface area contributed by atoms with Crippen LogP contribution in [0.2, 0.25) is 0 Å². The van der Waals surface area contributed by atoms with Crippen LogP contribution in [0, 0.1) is 0 Å². The van der Waals surface area contributed by atoms with E-state index in [1.165, 1.54) is 11.5 Å². The molecule has 2 aromatic carbocycles. The number of nitrogens with two attached hydrogens (primary N) is 1. The quantitative estimate of drug-likeness (QED) is 0.442. The molecule has 3 heterocycles. The van der Waals surface area contributed by atoms with E-state index < -0.39 is 0 Å². The Morgan fingerprint density at radius 3 is 2.58 bits per heavy atom. The predicted molar refractivity (Wildman–Crippen MR) is 139 cm³/mol. The number of fused-ring (bicyclic) bond motifs is 1. The molecule has 0 aliphatic carbocycles. The van der Waals surface area contributed by atoms with Crippen molar-refractivity contribution in [3.8, 4) is 28.2 Å². The molecule has 2 aliphatic heterocycles. The van der Waals surface area contributed by atoms with Crippen molar-refractivity contribution < 1.29 is 9.15 Å². The lowest BCUT2D eigenvalue weighted by atomic mass is 9.96. The van der Waals surface area contributed by atoms with E-state index in [4.69, 9.17) is 14.9 Å². The molecule has 0 saturated carbocycles. The second-order valence-electron chi connectivity index (χ2n) is 7.92. The number of furan rings is 1. The molecule has 8 heteroatoms. The lowest BCUT2D eigenvalue weighted by Crippen LogP contribution is -2.38. The number of rotatable bonds is 8. The maximum absolute atomic E-state index is 6.82. The third kappa shape index (κ3) is 4.80. The maximum Gasteiger partial charge on any atom is 0.228 e. The van der Waals surface area contributed by atoms with E-state index in [1.807, 2.05) is 79.4 Å². The summed E-state index contributed by atoms with van der Waals surface area (Å²) in [5.41, 5.74) is 10.8. The van der Waals surface area contributed by atoms with Gasteiger partial charge in [-0.25, -0.2) is 4.99 Å². The van der Waals surface area contributed by atoms with E-state index in [0.29, 0.717) is 17.1 Å². The van der Waals surface area contributed by atoms with Crippen LogP contribution in [0.25, 0.3) is 22.5 Å². The molecule has 1 saturated heterocycles. The highest BCUT2D eigenvalue weighted by molar-refractivity contribution is 8.20. The van der Waals surface area contributed by atoms with Gasteiger partial charge in [0, 0.05) is 35.7 Å². The van der Waals surface area contributed by atoms with Gasteiger partial charge in [-0.3, -0.25) is 0 Å². The maximum atomic E-state index is 6.82. The van der Waals surface area contributed by atoms with Gasteiger partial charge in [0.1, 0.15) is 24.3 Å². The molecule has 0 amide bonds. The number of likely N-dealkylation sites (N-methyl/N-ethyl adjacent to an activating group) is 1. The summed E-state index contributed by atoms with van der Waals surface area (Å²) in [4.78, 5) is 6.81. The average molecular weight is 481 g/mol. The fourth-order valence-electron chi connectivity index (χ4n) is 4.08. The number of benzene rings is 2. The zero-order valence-electron chi connectivity index (χ0n) is 18.6. The van der Waals surface area contributed by atoms with E-state index >= 15 is 0 Å². The lowest BCUT2D eigenvalue weighted by molar-refractivity contribution is 0.318. The first-order valence-corrected chi connectivity index (χ1v) is 13.2. The molecule has 6 nitrogen and oxygen atoms in total. The predicted octanol–water partition coefficient (Wildman–Crippen LogP) is 4.95. The fourth-order valence-corrected chi connectivity index (χ4v) is 6.89. The Labute approximate surface area is 203 Å². The Morgan fingerprint density at radius 2 is 1.85 bits per heavy atom. The monoisotopic (exact) mass is 480 g/mol. The van der Waals surface area contributed by atoms with E-state index in [0.717, 1.165) is 46.9 Å². The molecular weight excluding hydrogens is 452 g/mol. The number of hydrogen-bond acceptors (Lipinski definition) is 8. The Morgan fingerprint density at radius 1 is 1.09 bits per heavy atom. The Balaban J connectivity index is 1.50. The minimum absolute atomic E-state index is 0.309. The first-order valence-electron chi connectivity index (χ1n) is 11.1. The molecular formula is C25H28N4O2S2. The van der Waals surface area contributed by atoms with Crippen molar-refractivity contribution in [1.82, 2.24) is 10.2 Å². The summed E-state index contributed by atoms with van der Waals surface area (Å²) in [5, 5.41) is 3.09. The van der Waals surface area contributed by atoms with Gasteiger partial charge in [0.25, 0.3) is 0 Å². The molecule has 3 N–H and O–H groups in total. The smallest absolute Gasteiger partial charge is 0.228 e. The van der Waals surface area contributed by atoms with Gasteiger partial charge in [-0.1, -0.05) is 30.3 Å². The summed E-state index contributed by atoms with van der Waals surface area (Å²) < 4.78 is 12.6. The van der Waals surface area contributed by atoms with Crippen LogP contribution < -0.4 is 15.8 Å². The first-order chi connectivity index (χ1) is 16.2. The summed E-state index contributed by atoms with van der Waals surface area (Å²) in [5.74, 6) is 4.60.